The molecule has 0 fully saturated rings. The number of anilines is 3. The van der Waals surface area contributed by atoms with Crippen LogP contribution < -0.4 is 14.8 Å². The number of aryl methyl sites for hydroxylation is 1. The molecule has 178 valence electrons. The van der Waals surface area contributed by atoms with Gasteiger partial charge in [-0.1, -0.05) is 18.2 Å². The first kappa shape index (κ1) is 23.5. The number of benzene rings is 2. The zero-order valence-corrected chi connectivity index (χ0v) is 20.0. The van der Waals surface area contributed by atoms with Crippen LogP contribution in [-0.4, -0.2) is 48.3 Å². The van der Waals surface area contributed by atoms with Crippen molar-refractivity contribution in [3.63, 3.8) is 0 Å². The normalized spacial score (nSPS) is 11.5. The molecule has 0 amide bonds. The zero-order chi connectivity index (χ0) is 24.1. The van der Waals surface area contributed by atoms with Crippen LogP contribution in [0.25, 0.3) is 11.0 Å². The molecule has 0 unspecified atom stereocenters. The Morgan fingerprint density at radius 2 is 1.79 bits per heavy atom. The van der Waals surface area contributed by atoms with Gasteiger partial charge in [0.2, 0.25) is 0 Å². The average Bonchev–Trinajstić information content (AvgIpc) is 3.27. The molecule has 2 N–H and O–H groups in total. The van der Waals surface area contributed by atoms with E-state index in [0.717, 1.165) is 5.56 Å². The summed E-state index contributed by atoms with van der Waals surface area (Å²) in [6.07, 6.45) is 3.48. The van der Waals surface area contributed by atoms with Crippen LogP contribution in [0.15, 0.2) is 60.0 Å². The van der Waals surface area contributed by atoms with Gasteiger partial charge in [0.05, 0.1) is 31.1 Å². The monoisotopic (exact) mass is 482 g/mol. The summed E-state index contributed by atoms with van der Waals surface area (Å²) in [4.78, 5) is 13.1. The van der Waals surface area contributed by atoms with E-state index >= 15 is 0 Å². The third kappa shape index (κ3) is 5.26. The Kier molecular flexibility index (Phi) is 6.94. The lowest BCUT2D eigenvalue weighted by molar-refractivity contribution is 0.151. The second-order valence-electron chi connectivity index (χ2n) is 7.49. The highest BCUT2D eigenvalue weighted by atomic mass is 32.2. The fourth-order valence-corrected chi connectivity index (χ4v) is 4.33. The lowest BCUT2D eigenvalue weighted by atomic mass is 10.1. The summed E-state index contributed by atoms with van der Waals surface area (Å²) >= 11 is 0. The van der Waals surface area contributed by atoms with Crippen molar-refractivity contribution >= 4 is 38.4 Å². The molecule has 4 aromatic rings. The van der Waals surface area contributed by atoms with E-state index in [4.69, 9.17) is 9.47 Å². The molecule has 11 heteroatoms. The molecular weight excluding hydrogens is 456 g/mol. The first-order valence-corrected chi connectivity index (χ1v) is 12.2. The van der Waals surface area contributed by atoms with Crippen LogP contribution in [-0.2, 0) is 28.2 Å². The largest absolute Gasteiger partial charge is 0.497 e. The number of methoxy groups -OCH3 is 1. The molecule has 2 heterocycles. The number of hydrogen-bond acceptors (Lipinski definition) is 8. The van der Waals surface area contributed by atoms with Crippen LogP contribution in [0.5, 0.6) is 5.75 Å². The van der Waals surface area contributed by atoms with Gasteiger partial charge in [-0.05, 0) is 37.1 Å². The Hall–Kier alpha value is -3.70. The number of nitrogens with one attached hydrogen (secondary N) is 2. The van der Waals surface area contributed by atoms with Crippen molar-refractivity contribution in [2.75, 3.05) is 30.4 Å². The maximum Gasteiger partial charge on any atom is 0.282 e. The molecule has 0 bridgehead atoms. The molecule has 0 spiro atoms. The number of ether oxygens (including phenoxy) is 2. The van der Waals surface area contributed by atoms with Crippen LogP contribution in [0.1, 0.15) is 12.5 Å². The topological polar surface area (TPSA) is 120 Å². The number of nitrogens with zero attached hydrogens (tertiary/aromatic N) is 4. The van der Waals surface area contributed by atoms with Crippen molar-refractivity contribution < 1.29 is 17.9 Å². The van der Waals surface area contributed by atoms with Crippen LogP contribution in [0.3, 0.4) is 0 Å². The predicted molar refractivity (Wildman–Crippen MR) is 130 cm³/mol. The van der Waals surface area contributed by atoms with Gasteiger partial charge in [0.25, 0.3) is 10.0 Å². The maximum absolute atomic E-state index is 13.0. The van der Waals surface area contributed by atoms with E-state index in [1.54, 1.807) is 24.8 Å². The Morgan fingerprint density at radius 1 is 1.06 bits per heavy atom. The number of para-hydroxylation sites is 2. The quantitative estimate of drug-likeness (QED) is 0.330. The minimum absolute atomic E-state index is 0.0583. The smallest absolute Gasteiger partial charge is 0.282 e. The number of hydrogen-bond donors (Lipinski definition) is 2. The Bertz CT molecular complexity index is 1400. The Balaban J connectivity index is 1.76. The SMILES string of the molecule is CCOCCc1ccc(OC)cc1Nc1nc2ccccc2nc1NS(=O)(=O)c1cn(C)cn1. The van der Waals surface area contributed by atoms with E-state index in [2.05, 4.69) is 25.0 Å². The fourth-order valence-electron chi connectivity index (χ4n) is 3.34. The summed E-state index contributed by atoms with van der Waals surface area (Å²) in [6.45, 7) is 3.10. The predicted octanol–water partition coefficient (Wildman–Crippen LogP) is 3.50. The van der Waals surface area contributed by atoms with Gasteiger partial charge in [-0.25, -0.2) is 15.0 Å². The molecule has 0 saturated heterocycles. The van der Waals surface area contributed by atoms with Crippen LogP contribution in [0.4, 0.5) is 17.3 Å². The number of imidazole rings is 1. The molecule has 2 aromatic carbocycles. The number of rotatable bonds is 10. The number of aromatic nitrogens is 4. The molecular formula is C23H26N6O4S. The second kappa shape index (κ2) is 10.1. The van der Waals surface area contributed by atoms with Gasteiger partial charge in [0, 0.05) is 31.6 Å². The molecule has 0 radical (unpaired) electrons. The molecule has 0 saturated carbocycles. The summed E-state index contributed by atoms with van der Waals surface area (Å²) in [5, 5.41) is 3.14. The highest BCUT2D eigenvalue weighted by molar-refractivity contribution is 7.92. The van der Waals surface area contributed by atoms with Gasteiger partial charge in [-0.2, -0.15) is 8.42 Å². The van der Waals surface area contributed by atoms with E-state index in [1.807, 2.05) is 43.3 Å². The highest BCUT2D eigenvalue weighted by Crippen LogP contribution is 2.30. The first-order valence-electron chi connectivity index (χ1n) is 10.7. The molecule has 0 aliphatic rings. The van der Waals surface area contributed by atoms with Gasteiger partial charge in [0.15, 0.2) is 16.7 Å². The standard InChI is InChI=1S/C23H26N6O4S/c1-4-33-12-11-16-9-10-17(32-3)13-20(16)27-22-23(26-19-8-6-5-7-18(19)25-22)28-34(30,31)21-14-29(2)15-24-21/h5-10,13-15H,4,11-12H2,1-3H3,(H,25,27)(H,26,28). The van der Waals surface area contributed by atoms with Crippen molar-refractivity contribution in [2.24, 2.45) is 7.05 Å². The molecule has 4 rings (SSSR count). The molecule has 2 aromatic heterocycles. The second-order valence-corrected chi connectivity index (χ2v) is 9.12. The van der Waals surface area contributed by atoms with E-state index in [-0.39, 0.29) is 16.7 Å². The van der Waals surface area contributed by atoms with Crippen molar-refractivity contribution in [2.45, 2.75) is 18.4 Å². The van der Waals surface area contributed by atoms with Gasteiger partial charge >= 0.3 is 0 Å². The summed E-state index contributed by atoms with van der Waals surface area (Å²) in [5.74, 6) is 0.957. The lowest BCUT2D eigenvalue weighted by Gasteiger charge is -2.16. The molecule has 34 heavy (non-hydrogen) atoms. The molecule has 10 nitrogen and oxygen atoms in total. The van der Waals surface area contributed by atoms with Crippen LogP contribution in [0.2, 0.25) is 0 Å². The maximum atomic E-state index is 13.0. The lowest BCUT2D eigenvalue weighted by Crippen LogP contribution is -2.16. The first-order chi connectivity index (χ1) is 16.4. The van der Waals surface area contributed by atoms with Crippen molar-refractivity contribution in [3.05, 3.63) is 60.6 Å². The summed E-state index contributed by atoms with van der Waals surface area (Å²) in [7, 11) is -0.705. The van der Waals surface area contributed by atoms with Crippen LogP contribution in [0, 0.1) is 0 Å². The zero-order valence-electron chi connectivity index (χ0n) is 19.1. The molecule has 0 aliphatic heterocycles. The van der Waals surface area contributed by atoms with Crippen molar-refractivity contribution in [1.82, 2.24) is 19.5 Å². The molecule has 0 aliphatic carbocycles. The average molecular weight is 483 g/mol. The third-order valence-corrected chi connectivity index (χ3v) is 6.27. The Labute approximate surface area is 198 Å². The fraction of sp³-hybridized carbons (Fsp3) is 0.261. The Morgan fingerprint density at radius 3 is 2.44 bits per heavy atom. The summed E-state index contributed by atoms with van der Waals surface area (Å²) in [6, 6.07) is 12.9. The van der Waals surface area contributed by atoms with E-state index < -0.39 is 10.0 Å². The van der Waals surface area contributed by atoms with Crippen molar-refractivity contribution in [3.8, 4) is 5.75 Å². The number of sulfonamides is 1. The van der Waals surface area contributed by atoms with Gasteiger partial charge in [-0.15, -0.1) is 0 Å². The van der Waals surface area contributed by atoms with Crippen LogP contribution >= 0.6 is 0 Å². The van der Waals surface area contributed by atoms with Gasteiger partial charge in [0.1, 0.15) is 5.75 Å². The van der Waals surface area contributed by atoms with Gasteiger partial charge < -0.3 is 19.4 Å². The summed E-state index contributed by atoms with van der Waals surface area (Å²) in [5.41, 5.74) is 2.84. The van der Waals surface area contributed by atoms with E-state index in [9.17, 15) is 8.42 Å². The van der Waals surface area contributed by atoms with Crippen molar-refractivity contribution in [1.29, 1.82) is 0 Å². The minimum Gasteiger partial charge on any atom is -0.497 e. The number of fused-ring (bicyclic) bond motifs is 1. The molecule has 0 atom stereocenters. The highest BCUT2D eigenvalue weighted by Gasteiger charge is 2.21. The van der Waals surface area contributed by atoms with E-state index in [1.165, 1.54) is 12.5 Å². The minimum atomic E-state index is -3.99. The summed E-state index contributed by atoms with van der Waals surface area (Å²) < 4.78 is 40.9. The van der Waals surface area contributed by atoms with E-state index in [0.29, 0.717) is 42.1 Å². The van der Waals surface area contributed by atoms with Gasteiger partial charge in [-0.3, -0.25) is 4.72 Å². The third-order valence-electron chi connectivity index (χ3n) is 5.05.